The smallest absolute Gasteiger partial charge is 0.314 e. The first kappa shape index (κ1) is 16.9. The second-order valence-electron chi connectivity index (χ2n) is 7.28. The Balaban J connectivity index is 2.28. The Kier molecular flexibility index (Phi) is 4.59. The molecule has 0 aromatic heterocycles. The number of carbonyl (C=O) groups is 1. The molecule has 0 N–H and O–H groups in total. The van der Waals surface area contributed by atoms with Gasteiger partial charge in [-0.05, 0) is 45.6 Å². The van der Waals surface area contributed by atoms with E-state index in [0.29, 0.717) is 6.42 Å². The van der Waals surface area contributed by atoms with Crippen LogP contribution in [-0.4, -0.2) is 17.5 Å². The summed E-state index contributed by atoms with van der Waals surface area (Å²) >= 11 is 0. The first-order valence-electron chi connectivity index (χ1n) is 7.75. The summed E-state index contributed by atoms with van der Waals surface area (Å²) in [7, 11) is 0. The molecule has 1 saturated carbocycles. The Hall–Kier alpha value is -1.45. The normalized spacial score (nSPS) is 22.4. The molecule has 2 nitrogen and oxygen atoms in total. The first-order valence-corrected chi connectivity index (χ1v) is 7.75. The van der Waals surface area contributed by atoms with E-state index in [0.717, 1.165) is 11.1 Å². The van der Waals surface area contributed by atoms with E-state index in [1.165, 1.54) is 0 Å². The van der Waals surface area contributed by atoms with E-state index in [1.54, 1.807) is 20.8 Å². The van der Waals surface area contributed by atoms with Crippen molar-refractivity contribution in [1.29, 1.82) is 0 Å². The topological polar surface area (TPSA) is 26.3 Å². The van der Waals surface area contributed by atoms with Crippen molar-refractivity contribution < 1.29 is 18.3 Å². The number of hydrogen-bond donors (Lipinski definition) is 0. The second kappa shape index (κ2) is 5.98. The molecule has 2 atom stereocenters. The van der Waals surface area contributed by atoms with Crippen molar-refractivity contribution in [3.05, 3.63) is 35.4 Å². The molecule has 0 saturated heterocycles. The Labute approximate surface area is 130 Å². The number of rotatable bonds is 3. The lowest BCUT2D eigenvalue weighted by atomic mass is 9.84. The van der Waals surface area contributed by atoms with Gasteiger partial charge in [-0.2, -0.15) is 0 Å². The molecule has 1 aromatic carbocycles. The van der Waals surface area contributed by atoms with Gasteiger partial charge in [0, 0.05) is 12.8 Å². The molecular formula is C18H24F2O2. The third-order valence-corrected chi connectivity index (χ3v) is 4.01. The molecule has 0 amide bonds. The molecule has 1 aromatic rings. The second-order valence-corrected chi connectivity index (χ2v) is 7.28. The highest BCUT2D eigenvalue weighted by Gasteiger charge is 2.46. The maximum Gasteiger partial charge on any atom is 0.314 e. The van der Waals surface area contributed by atoms with Crippen molar-refractivity contribution in [3.8, 4) is 0 Å². The van der Waals surface area contributed by atoms with Crippen molar-refractivity contribution >= 4 is 5.97 Å². The predicted octanol–water partition coefficient (Wildman–Crippen LogP) is 4.86. The summed E-state index contributed by atoms with van der Waals surface area (Å²) in [5, 5.41) is 0. The van der Waals surface area contributed by atoms with Crippen molar-refractivity contribution in [2.45, 2.75) is 64.4 Å². The van der Waals surface area contributed by atoms with Gasteiger partial charge in [-0.1, -0.05) is 29.8 Å². The van der Waals surface area contributed by atoms with Crippen LogP contribution in [0.3, 0.4) is 0 Å². The number of alkyl halides is 2. The van der Waals surface area contributed by atoms with Crippen molar-refractivity contribution in [2.75, 3.05) is 0 Å². The fraction of sp³-hybridized carbons (Fsp3) is 0.611. The van der Waals surface area contributed by atoms with Crippen LogP contribution >= 0.6 is 0 Å². The standard InChI is InChI=1S/C18H24F2O2/c1-12-5-7-13(8-6-12)15(16(21)22-17(2,3)4)14-9-10-18(19,20)11-14/h5-8,14-15H,9-11H2,1-4H3. The zero-order valence-corrected chi connectivity index (χ0v) is 13.7. The van der Waals surface area contributed by atoms with E-state index in [-0.39, 0.29) is 18.8 Å². The summed E-state index contributed by atoms with van der Waals surface area (Å²) in [5.41, 5.74) is 1.22. The van der Waals surface area contributed by atoms with Gasteiger partial charge in [-0.15, -0.1) is 0 Å². The van der Waals surface area contributed by atoms with Gasteiger partial charge in [0.25, 0.3) is 0 Å². The zero-order valence-electron chi connectivity index (χ0n) is 13.7. The molecular weight excluding hydrogens is 286 g/mol. The molecule has 1 aliphatic rings. The lowest BCUT2D eigenvalue weighted by Crippen LogP contribution is -2.31. The molecule has 22 heavy (non-hydrogen) atoms. The molecule has 0 heterocycles. The number of esters is 1. The molecule has 2 unspecified atom stereocenters. The van der Waals surface area contributed by atoms with Crippen LogP contribution in [0.4, 0.5) is 8.78 Å². The average molecular weight is 310 g/mol. The van der Waals surface area contributed by atoms with Gasteiger partial charge in [0.15, 0.2) is 0 Å². The van der Waals surface area contributed by atoms with Crippen LogP contribution in [0.5, 0.6) is 0 Å². The fourth-order valence-electron chi connectivity index (χ4n) is 3.01. The summed E-state index contributed by atoms with van der Waals surface area (Å²) in [6, 6.07) is 7.50. The largest absolute Gasteiger partial charge is 0.459 e. The van der Waals surface area contributed by atoms with Crippen LogP contribution in [0.15, 0.2) is 24.3 Å². The van der Waals surface area contributed by atoms with Crippen LogP contribution in [0.25, 0.3) is 0 Å². The van der Waals surface area contributed by atoms with Gasteiger partial charge in [-0.25, -0.2) is 8.78 Å². The number of carbonyl (C=O) groups excluding carboxylic acids is 1. The van der Waals surface area contributed by atoms with Crippen LogP contribution in [0, 0.1) is 12.8 Å². The number of hydrogen-bond acceptors (Lipinski definition) is 2. The van der Waals surface area contributed by atoms with Crippen molar-refractivity contribution in [2.24, 2.45) is 5.92 Å². The number of halogens is 2. The number of aryl methyl sites for hydroxylation is 1. The SMILES string of the molecule is Cc1ccc(C(C(=O)OC(C)(C)C)C2CCC(F)(F)C2)cc1. The van der Waals surface area contributed by atoms with Crippen LogP contribution in [0.2, 0.25) is 0 Å². The quantitative estimate of drug-likeness (QED) is 0.746. The van der Waals surface area contributed by atoms with Crippen LogP contribution in [-0.2, 0) is 9.53 Å². The molecule has 1 aliphatic carbocycles. The molecule has 1 fully saturated rings. The minimum absolute atomic E-state index is 0.150. The Morgan fingerprint density at radius 1 is 1.27 bits per heavy atom. The van der Waals surface area contributed by atoms with Crippen molar-refractivity contribution in [3.63, 3.8) is 0 Å². The highest BCUT2D eigenvalue weighted by molar-refractivity contribution is 5.79. The summed E-state index contributed by atoms with van der Waals surface area (Å²) in [6.45, 7) is 7.33. The first-order chi connectivity index (χ1) is 10.1. The fourth-order valence-corrected chi connectivity index (χ4v) is 3.01. The van der Waals surface area contributed by atoms with E-state index in [1.807, 2.05) is 31.2 Å². The van der Waals surface area contributed by atoms with Gasteiger partial charge >= 0.3 is 5.97 Å². The summed E-state index contributed by atoms with van der Waals surface area (Å²) in [6.07, 6.45) is -0.0433. The van der Waals surface area contributed by atoms with Gasteiger partial charge < -0.3 is 4.74 Å². The minimum Gasteiger partial charge on any atom is -0.459 e. The predicted molar refractivity (Wildman–Crippen MR) is 82.1 cm³/mol. The maximum absolute atomic E-state index is 13.6. The molecule has 2 rings (SSSR count). The molecule has 4 heteroatoms. The Morgan fingerprint density at radius 2 is 1.86 bits per heavy atom. The van der Waals surface area contributed by atoms with E-state index < -0.39 is 23.4 Å². The molecule has 0 radical (unpaired) electrons. The van der Waals surface area contributed by atoms with Gasteiger partial charge in [0.05, 0.1) is 5.92 Å². The summed E-state index contributed by atoms with van der Waals surface area (Å²) in [5.74, 6) is -4.06. The number of ether oxygens (including phenoxy) is 1. The monoisotopic (exact) mass is 310 g/mol. The molecule has 0 spiro atoms. The van der Waals surface area contributed by atoms with Gasteiger partial charge in [0.1, 0.15) is 5.60 Å². The maximum atomic E-state index is 13.6. The lowest BCUT2D eigenvalue weighted by molar-refractivity contribution is -0.158. The highest BCUT2D eigenvalue weighted by atomic mass is 19.3. The van der Waals surface area contributed by atoms with Gasteiger partial charge in [0.2, 0.25) is 5.92 Å². The van der Waals surface area contributed by atoms with E-state index in [4.69, 9.17) is 4.74 Å². The van der Waals surface area contributed by atoms with Crippen molar-refractivity contribution in [1.82, 2.24) is 0 Å². The van der Waals surface area contributed by atoms with E-state index >= 15 is 0 Å². The molecule has 0 bridgehead atoms. The molecule has 0 aliphatic heterocycles. The summed E-state index contributed by atoms with van der Waals surface area (Å²) < 4.78 is 32.6. The average Bonchev–Trinajstić information content (AvgIpc) is 2.70. The van der Waals surface area contributed by atoms with Gasteiger partial charge in [-0.3, -0.25) is 4.79 Å². The summed E-state index contributed by atoms with van der Waals surface area (Å²) in [4.78, 5) is 12.6. The highest BCUT2D eigenvalue weighted by Crippen LogP contribution is 2.46. The molecule has 122 valence electrons. The van der Waals surface area contributed by atoms with E-state index in [9.17, 15) is 13.6 Å². The minimum atomic E-state index is -2.67. The number of benzene rings is 1. The Bertz CT molecular complexity index is 529. The van der Waals surface area contributed by atoms with E-state index in [2.05, 4.69) is 0 Å². The lowest BCUT2D eigenvalue weighted by Gasteiger charge is -2.27. The Morgan fingerprint density at radius 3 is 2.32 bits per heavy atom. The third kappa shape index (κ3) is 4.28. The third-order valence-electron chi connectivity index (χ3n) is 4.01. The zero-order chi connectivity index (χ0) is 16.5. The van der Waals surface area contributed by atoms with Crippen LogP contribution < -0.4 is 0 Å². The van der Waals surface area contributed by atoms with Crippen LogP contribution in [0.1, 0.15) is 57.1 Å².